The van der Waals surface area contributed by atoms with E-state index in [1.165, 1.54) is 0 Å². The molecule has 0 spiro atoms. The van der Waals surface area contributed by atoms with Gasteiger partial charge in [-0.15, -0.1) is 5.10 Å². The average Bonchev–Trinajstić information content (AvgIpc) is 2.77. The van der Waals surface area contributed by atoms with E-state index in [2.05, 4.69) is 20.3 Å². The fourth-order valence-electron chi connectivity index (χ4n) is 0.923. The van der Waals surface area contributed by atoms with Gasteiger partial charge < -0.3 is 26.4 Å². The number of nitrogen functional groups attached to an aromatic ring is 1. The zero-order valence-corrected chi connectivity index (χ0v) is 8.97. The topological polar surface area (TPSA) is 201 Å². The number of nitrogens with two attached hydrogens (primary N) is 1. The number of aromatic nitrogens is 5. The lowest BCUT2D eigenvalue weighted by Crippen LogP contribution is -2.06. The molecule has 0 atom stereocenters. The van der Waals surface area contributed by atoms with E-state index in [4.69, 9.17) is 16.1 Å². The van der Waals surface area contributed by atoms with E-state index in [0.717, 1.165) is 11.6 Å². The maximum absolute atomic E-state index is 10.3. The quantitative estimate of drug-likeness (QED) is 0.414. The van der Waals surface area contributed by atoms with E-state index in [0.29, 0.717) is 0 Å². The fourth-order valence-corrected chi connectivity index (χ4v) is 0.923. The summed E-state index contributed by atoms with van der Waals surface area (Å²) < 4.78 is 0.893. The molecule has 0 aliphatic carbocycles. The molecule has 2 heterocycles. The molecule has 0 fully saturated rings. The minimum Gasteiger partial charge on any atom is -0.412 e. The second-order valence-electron chi connectivity index (χ2n) is 2.43. The molecule has 0 saturated carbocycles. The summed E-state index contributed by atoms with van der Waals surface area (Å²) in [5, 5.41) is 36.2. The molecular formula is C6H8N8O4. The zero-order valence-electron chi connectivity index (χ0n) is 8.97. The van der Waals surface area contributed by atoms with E-state index < -0.39 is 10.9 Å². The monoisotopic (exact) mass is 256 g/mol. The number of anilines is 1. The number of nitrogens with zero attached hydrogens (tertiary/aromatic N) is 7. The molecular weight excluding hydrogens is 248 g/mol. The molecule has 0 amide bonds. The molecule has 96 valence electrons. The van der Waals surface area contributed by atoms with E-state index in [1.54, 1.807) is 6.07 Å². The second-order valence-corrected chi connectivity index (χ2v) is 2.43. The van der Waals surface area contributed by atoms with Crippen molar-refractivity contribution in [1.82, 2.24) is 24.8 Å². The van der Waals surface area contributed by atoms with Gasteiger partial charge >= 0.3 is 11.7 Å². The lowest BCUT2D eigenvalue weighted by molar-refractivity contribution is -0.394. The highest BCUT2D eigenvalue weighted by Crippen LogP contribution is 2.10. The summed E-state index contributed by atoms with van der Waals surface area (Å²) in [5.41, 5.74) is 5.29. The lowest BCUT2D eigenvalue weighted by Gasteiger charge is -1.91. The molecule has 0 unspecified atom stereocenters. The first-order valence-electron chi connectivity index (χ1n) is 4.01. The molecule has 0 aromatic carbocycles. The van der Waals surface area contributed by atoms with Gasteiger partial charge in [0.2, 0.25) is 5.69 Å². The first kappa shape index (κ1) is 15.1. The molecule has 5 N–H and O–H groups in total. The van der Waals surface area contributed by atoms with E-state index in [9.17, 15) is 10.1 Å². The Balaban J connectivity index is 0.000000917. The van der Waals surface area contributed by atoms with Crippen molar-refractivity contribution >= 4 is 17.5 Å². The Kier molecular flexibility index (Phi) is 5.01. The van der Waals surface area contributed by atoms with Gasteiger partial charge in [-0.25, -0.2) is 0 Å². The Labute approximate surface area is 98.8 Å². The van der Waals surface area contributed by atoms with Crippen LogP contribution in [-0.2, 0) is 0 Å². The van der Waals surface area contributed by atoms with Crippen molar-refractivity contribution in [2.45, 2.75) is 0 Å². The summed E-state index contributed by atoms with van der Waals surface area (Å²) in [6.07, 6.45) is 0. The standard InChI is InChI=1S/C5H2N8O2.CH4O.H2O/c6-1-2-3(7)12-4(10-9-2)8-5(11-12)13(14)15;1-2;/h7H2;2H,1H3;1H2. The Bertz CT molecular complexity index is 601. The van der Waals surface area contributed by atoms with Crippen LogP contribution in [0.2, 0.25) is 0 Å². The van der Waals surface area contributed by atoms with Crippen molar-refractivity contribution < 1.29 is 15.5 Å². The first-order valence-corrected chi connectivity index (χ1v) is 4.01. The van der Waals surface area contributed by atoms with E-state index in [1.807, 2.05) is 0 Å². The fraction of sp³-hybridized carbons (Fsp3) is 0.167. The number of hydrogen-bond acceptors (Lipinski definition) is 9. The highest BCUT2D eigenvalue weighted by Gasteiger charge is 2.21. The van der Waals surface area contributed by atoms with Gasteiger partial charge in [-0.05, 0) is 9.91 Å². The highest BCUT2D eigenvalue weighted by molar-refractivity contribution is 5.48. The Morgan fingerprint density at radius 1 is 1.50 bits per heavy atom. The molecule has 0 radical (unpaired) electrons. The Morgan fingerprint density at radius 3 is 2.61 bits per heavy atom. The van der Waals surface area contributed by atoms with Crippen molar-refractivity contribution in [2.24, 2.45) is 0 Å². The van der Waals surface area contributed by atoms with Gasteiger partial charge in [-0.3, -0.25) is 0 Å². The second kappa shape index (κ2) is 5.98. The number of nitriles is 1. The van der Waals surface area contributed by atoms with Crippen molar-refractivity contribution in [3.8, 4) is 6.07 Å². The molecule has 2 aromatic heterocycles. The van der Waals surface area contributed by atoms with Crippen LogP contribution in [0.4, 0.5) is 11.8 Å². The molecule has 0 saturated heterocycles. The van der Waals surface area contributed by atoms with Crippen LogP contribution in [0.5, 0.6) is 0 Å². The molecule has 12 heteroatoms. The van der Waals surface area contributed by atoms with Gasteiger partial charge in [0.05, 0.1) is 0 Å². The van der Waals surface area contributed by atoms with Gasteiger partial charge in [0, 0.05) is 12.2 Å². The predicted octanol–water partition coefficient (Wildman–Crippen LogP) is -2.33. The molecule has 0 aliphatic heterocycles. The van der Waals surface area contributed by atoms with Crippen molar-refractivity contribution in [3.63, 3.8) is 0 Å². The van der Waals surface area contributed by atoms with Crippen molar-refractivity contribution in [3.05, 3.63) is 15.8 Å². The summed E-state index contributed by atoms with van der Waals surface area (Å²) in [4.78, 5) is 13.0. The first-order chi connectivity index (χ1) is 8.13. The molecule has 12 nitrogen and oxygen atoms in total. The number of aliphatic hydroxyl groups excluding tert-OH is 1. The van der Waals surface area contributed by atoms with Crippen LogP contribution in [0.1, 0.15) is 5.69 Å². The molecule has 0 bridgehead atoms. The van der Waals surface area contributed by atoms with E-state index in [-0.39, 0.29) is 22.8 Å². The summed E-state index contributed by atoms with van der Waals surface area (Å²) in [5.74, 6) is -0.910. The molecule has 2 aromatic rings. The average molecular weight is 256 g/mol. The third kappa shape index (κ3) is 2.42. The lowest BCUT2D eigenvalue weighted by atomic mass is 10.5. The normalized spacial score (nSPS) is 8.72. The van der Waals surface area contributed by atoms with Gasteiger partial charge in [0.1, 0.15) is 6.07 Å². The number of aliphatic hydroxyl groups is 1. The third-order valence-corrected chi connectivity index (χ3v) is 1.56. The van der Waals surface area contributed by atoms with Gasteiger partial charge in [-0.2, -0.15) is 5.26 Å². The number of nitro groups is 1. The smallest absolute Gasteiger partial charge is 0.412 e. The summed E-state index contributed by atoms with van der Waals surface area (Å²) in [6.45, 7) is 0. The van der Waals surface area contributed by atoms with Crippen LogP contribution < -0.4 is 5.73 Å². The SMILES string of the molecule is CO.N#Cc1nnc2nc([N+](=O)[O-])nn2c1N.O. The largest absolute Gasteiger partial charge is 0.493 e. The molecule has 0 aliphatic rings. The highest BCUT2D eigenvalue weighted by atomic mass is 16.6. The van der Waals surface area contributed by atoms with Gasteiger partial charge in [-0.1, -0.05) is 9.61 Å². The van der Waals surface area contributed by atoms with Crippen LogP contribution in [0.3, 0.4) is 0 Å². The van der Waals surface area contributed by atoms with Gasteiger partial charge in [0.25, 0.3) is 0 Å². The number of hydrogen-bond donors (Lipinski definition) is 2. The number of rotatable bonds is 1. The summed E-state index contributed by atoms with van der Waals surface area (Å²) in [6, 6.07) is 1.67. The third-order valence-electron chi connectivity index (χ3n) is 1.56. The van der Waals surface area contributed by atoms with E-state index >= 15 is 0 Å². The number of fused-ring (bicyclic) bond motifs is 1. The molecule has 18 heavy (non-hydrogen) atoms. The Morgan fingerprint density at radius 2 is 2.11 bits per heavy atom. The van der Waals surface area contributed by atoms with Gasteiger partial charge in [0.15, 0.2) is 5.82 Å². The van der Waals surface area contributed by atoms with Crippen LogP contribution in [0.25, 0.3) is 5.78 Å². The van der Waals surface area contributed by atoms with Crippen LogP contribution in [0, 0.1) is 21.4 Å². The molecule has 2 rings (SSSR count). The van der Waals surface area contributed by atoms with Crippen LogP contribution >= 0.6 is 0 Å². The van der Waals surface area contributed by atoms with Crippen LogP contribution in [-0.4, -0.2) is 47.4 Å². The minimum absolute atomic E-state index is 0. The Hall–Kier alpha value is -2.91. The maximum Gasteiger partial charge on any atom is 0.493 e. The van der Waals surface area contributed by atoms with Crippen LogP contribution in [0.15, 0.2) is 0 Å². The minimum atomic E-state index is -0.792. The van der Waals surface area contributed by atoms with Crippen molar-refractivity contribution in [2.75, 3.05) is 12.8 Å². The summed E-state index contributed by atoms with van der Waals surface area (Å²) >= 11 is 0. The summed E-state index contributed by atoms with van der Waals surface area (Å²) in [7, 11) is 1.00. The maximum atomic E-state index is 10.3. The zero-order chi connectivity index (χ0) is 13.0. The van der Waals surface area contributed by atoms with Crippen molar-refractivity contribution in [1.29, 1.82) is 5.26 Å². The predicted molar refractivity (Wildman–Crippen MR) is 56.1 cm³/mol.